The summed E-state index contributed by atoms with van der Waals surface area (Å²) in [4.78, 5) is 9.36. The van der Waals surface area contributed by atoms with Gasteiger partial charge in [-0.3, -0.25) is 4.31 Å². The van der Waals surface area contributed by atoms with Crippen LogP contribution < -0.4 is 13.8 Å². The van der Waals surface area contributed by atoms with E-state index in [1.807, 2.05) is 24.3 Å². The van der Waals surface area contributed by atoms with E-state index in [0.717, 1.165) is 10.5 Å². The fourth-order valence-corrected chi connectivity index (χ4v) is 3.84. The molecule has 26 heavy (non-hydrogen) atoms. The third-order valence-electron chi connectivity index (χ3n) is 3.81. The van der Waals surface area contributed by atoms with Gasteiger partial charge in [0, 0.05) is 0 Å². The molecular formula is C18H14FN3O3S. The highest BCUT2D eigenvalue weighted by Gasteiger charge is 2.29. The van der Waals surface area contributed by atoms with E-state index in [-0.39, 0.29) is 23.5 Å². The maximum absolute atomic E-state index is 13.0. The topological polar surface area (TPSA) is 64.6 Å². The molecule has 0 saturated heterocycles. The molecule has 6 nitrogen and oxygen atoms in total. The molecule has 2 aromatic carbocycles. The van der Waals surface area contributed by atoms with E-state index in [9.17, 15) is 8.60 Å². The first kappa shape index (κ1) is 16.5. The molecule has 1 aromatic heterocycles. The SMILES string of the molecule is COc1cc(Oc2ccc(F)cc2)nc(N2Cc3ccccc3S2=O)n1. The normalized spacial score (nSPS) is 15.6. The van der Waals surface area contributed by atoms with Crippen molar-refractivity contribution in [3.63, 3.8) is 0 Å². The number of methoxy groups -OCH3 is 1. The van der Waals surface area contributed by atoms with Gasteiger partial charge in [0.05, 0.1) is 24.6 Å². The van der Waals surface area contributed by atoms with E-state index in [0.29, 0.717) is 12.3 Å². The summed E-state index contributed by atoms with van der Waals surface area (Å²) in [5.41, 5.74) is 0.957. The third kappa shape index (κ3) is 3.11. The third-order valence-corrected chi connectivity index (χ3v) is 5.28. The lowest BCUT2D eigenvalue weighted by molar-refractivity contribution is 0.388. The number of rotatable bonds is 4. The molecule has 2 heterocycles. The molecule has 4 rings (SSSR count). The summed E-state index contributed by atoms with van der Waals surface area (Å²) in [6.45, 7) is 0.423. The predicted octanol–water partition coefficient (Wildman–Crippen LogP) is 3.46. The maximum atomic E-state index is 13.0. The van der Waals surface area contributed by atoms with Crippen molar-refractivity contribution in [3.8, 4) is 17.5 Å². The molecule has 1 unspecified atom stereocenters. The number of ether oxygens (including phenoxy) is 2. The molecule has 0 amide bonds. The van der Waals surface area contributed by atoms with Crippen LogP contribution in [0.2, 0.25) is 0 Å². The smallest absolute Gasteiger partial charge is 0.244 e. The standard InChI is InChI=1S/C18H14FN3O3S/c1-24-16-10-17(25-14-8-6-13(19)7-9-14)21-18(20-16)22-11-12-4-2-3-5-15(12)26(22)23/h2-10H,11H2,1H3. The molecule has 0 N–H and O–H groups in total. The number of aromatic nitrogens is 2. The molecular weight excluding hydrogens is 357 g/mol. The van der Waals surface area contributed by atoms with Crippen molar-refractivity contribution in [2.45, 2.75) is 11.4 Å². The average molecular weight is 371 g/mol. The minimum Gasteiger partial charge on any atom is -0.481 e. The van der Waals surface area contributed by atoms with E-state index < -0.39 is 11.0 Å². The van der Waals surface area contributed by atoms with Crippen LogP contribution >= 0.6 is 0 Å². The highest BCUT2D eigenvalue weighted by Crippen LogP contribution is 2.32. The Labute approximate surface area is 151 Å². The molecule has 1 aliphatic rings. The van der Waals surface area contributed by atoms with Gasteiger partial charge in [0.25, 0.3) is 0 Å². The Balaban J connectivity index is 1.67. The number of benzene rings is 2. The van der Waals surface area contributed by atoms with Crippen molar-refractivity contribution in [2.75, 3.05) is 11.4 Å². The number of halogens is 1. The van der Waals surface area contributed by atoms with Crippen molar-refractivity contribution in [2.24, 2.45) is 0 Å². The number of hydrogen-bond acceptors (Lipinski definition) is 5. The Morgan fingerprint density at radius 1 is 1.08 bits per heavy atom. The van der Waals surface area contributed by atoms with Gasteiger partial charge >= 0.3 is 0 Å². The van der Waals surface area contributed by atoms with Crippen LogP contribution in [0.4, 0.5) is 10.3 Å². The summed E-state index contributed by atoms with van der Waals surface area (Å²) in [6.07, 6.45) is 0. The van der Waals surface area contributed by atoms with Crippen LogP contribution in [-0.4, -0.2) is 21.3 Å². The molecule has 3 aromatic rings. The molecule has 0 fully saturated rings. The van der Waals surface area contributed by atoms with Crippen LogP contribution in [0, 0.1) is 5.82 Å². The number of fused-ring (bicyclic) bond motifs is 1. The molecule has 0 saturated carbocycles. The Hall–Kier alpha value is -3.00. The highest BCUT2D eigenvalue weighted by atomic mass is 32.2. The zero-order valence-corrected chi connectivity index (χ0v) is 14.6. The van der Waals surface area contributed by atoms with Crippen LogP contribution in [0.15, 0.2) is 59.5 Å². The fraction of sp³-hybridized carbons (Fsp3) is 0.111. The Kier molecular flexibility index (Phi) is 4.26. The van der Waals surface area contributed by atoms with Crippen LogP contribution in [0.1, 0.15) is 5.56 Å². The molecule has 0 bridgehead atoms. The number of hydrogen-bond donors (Lipinski definition) is 0. The Morgan fingerprint density at radius 3 is 2.54 bits per heavy atom. The van der Waals surface area contributed by atoms with Gasteiger partial charge in [-0.1, -0.05) is 18.2 Å². The van der Waals surface area contributed by atoms with Crippen LogP contribution in [0.3, 0.4) is 0 Å². The second-order valence-corrected chi connectivity index (χ2v) is 6.88. The van der Waals surface area contributed by atoms with E-state index >= 15 is 0 Å². The van der Waals surface area contributed by atoms with E-state index in [1.54, 1.807) is 4.31 Å². The van der Waals surface area contributed by atoms with Gasteiger partial charge < -0.3 is 9.47 Å². The summed E-state index contributed by atoms with van der Waals surface area (Å²) >= 11 is 0. The monoisotopic (exact) mass is 371 g/mol. The summed E-state index contributed by atoms with van der Waals surface area (Å²) in [5, 5.41) is 0. The Morgan fingerprint density at radius 2 is 1.81 bits per heavy atom. The average Bonchev–Trinajstić information content (AvgIpc) is 3.00. The molecule has 0 aliphatic carbocycles. The zero-order chi connectivity index (χ0) is 18.1. The lowest BCUT2D eigenvalue weighted by atomic mass is 10.2. The second-order valence-electron chi connectivity index (χ2n) is 5.50. The molecule has 0 radical (unpaired) electrons. The molecule has 0 spiro atoms. The summed E-state index contributed by atoms with van der Waals surface area (Å²) in [6, 6.07) is 14.6. The van der Waals surface area contributed by atoms with Gasteiger partial charge in [-0.2, -0.15) is 9.97 Å². The van der Waals surface area contributed by atoms with E-state index in [4.69, 9.17) is 9.47 Å². The van der Waals surface area contributed by atoms with E-state index in [1.165, 1.54) is 37.4 Å². The van der Waals surface area contributed by atoms with Gasteiger partial charge in [-0.05, 0) is 35.9 Å². The van der Waals surface area contributed by atoms with Gasteiger partial charge in [-0.15, -0.1) is 0 Å². The molecule has 132 valence electrons. The molecule has 1 aliphatic heterocycles. The Bertz CT molecular complexity index is 982. The zero-order valence-electron chi connectivity index (χ0n) is 13.8. The quantitative estimate of drug-likeness (QED) is 0.703. The number of anilines is 1. The lowest BCUT2D eigenvalue weighted by Gasteiger charge is -2.15. The van der Waals surface area contributed by atoms with Gasteiger partial charge in [0.15, 0.2) is 11.0 Å². The van der Waals surface area contributed by atoms with Crippen molar-refractivity contribution >= 4 is 16.9 Å². The fourth-order valence-electron chi connectivity index (χ4n) is 2.57. The van der Waals surface area contributed by atoms with Crippen LogP contribution in [-0.2, 0) is 17.5 Å². The van der Waals surface area contributed by atoms with Crippen molar-refractivity contribution < 1.29 is 18.1 Å². The first-order valence-corrected chi connectivity index (χ1v) is 8.88. The minimum atomic E-state index is -1.41. The number of nitrogens with zero attached hydrogens (tertiary/aromatic N) is 3. The second kappa shape index (κ2) is 6.72. The van der Waals surface area contributed by atoms with Gasteiger partial charge in [-0.25, -0.2) is 8.60 Å². The summed E-state index contributed by atoms with van der Waals surface area (Å²) in [7, 11) is 0.0687. The largest absolute Gasteiger partial charge is 0.481 e. The van der Waals surface area contributed by atoms with Crippen molar-refractivity contribution in [1.82, 2.24) is 9.97 Å². The highest BCUT2D eigenvalue weighted by molar-refractivity contribution is 7.86. The van der Waals surface area contributed by atoms with Gasteiger partial charge in [0.2, 0.25) is 17.7 Å². The lowest BCUT2D eigenvalue weighted by Crippen LogP contribution is -2.21. The molecule has 1 atom stereocenters. The van der Waals surface area contributed by atoms with Crippen LogP contribution in [0.5, 0.6) is 17.5 Å². The van der Waals surface area contributed by atoms with Crippen molar-refractivity contribution in [3.05, 3.63) is 66.0 Å². The van der Waals surface area contributed by atoms with E-state index in [2.05, 4.69) is 9.97 Å². The molecule has 8 heteroatoms. The van der Waals surface area contributed by atoms with Gasteiger partial charge in [0.1, 0.15) is 11.6 Å². The maximum Gasteiger partial charge on any atom is 0.244 e. The van der Waals surface area contributed by atoms with Crippen molar-refractivity contribution in [1.29, 1.82) is 0 Å². The first-order valence-electron chi connectivity index (χ1n) is 7.78. The summed E-state index contributed by atoms with van der Waals surface area (Å²) < 4.78 is 38.2. The van der Waals surface area contributed by atoms with Crippen LogP contribution in [0.25, 0.3) is 0 Å². The summed E-state index contributed by atoms with van der Waals surface area (Å²) in [5.74, 6) is 0.787. The first-order chi connectivity index (χ1) is 12.6. The predicted molar refractivity (Wildman–Crippen MR) is 94.1 cm³/mol. The minimum absolute atomic E-state index is 0.214.